The summed E-state index contributed by atoms with van der Waals surface area (Å²) in [5, 5.41) is 3.99. The lowest BCUT2D eigenvalue weighted by Gasteiger charge is -2.10. The molecule has 0 heterocycles. The monoisotopic (exact) mass is 384 g/mol. The van der Waals surface area contributed by atoms with Crippen molar-refractivity contribution in [2.75, 3.05) is 14.2 Å². The standard InChI is InChI=1S/C17H25BrN2O3/c1-4-5-6-7-8-9-16(21)20-19-12-13-10-14(18)17(23-3)15(11-13)22-2/h10-12H,4-9H2,1-3H3,(H,20,21)/b19-12+. The number of hydrazone groups is 1. The zero-order chi connectivity index (χ0) is 17.1. The molecule has 128 valence electrons. The van der Waals surface area contributed by atoms with Crippen LogP contribution in [-0.4, -0.2) is 26.3 Å². The number of rotatable bonds is 10. The number of halogens is 1. The van der Waals surface area contributed by atoms with Crippen LogP contribution in [0.5, 0.6) is 11.5 Å². The fourth-order valence-corrected chi connectivity index (χ4v) is 2.76. The van der Waals surface area contributed by atoms with Gasteiger partial charge in [0, 0.05) is 6.42 Å². The Kier molecular flexibility index (Phi) is 9.36. The van der Waals surface area contributed by atoms with Crippen LogP contribution in [0.2, 0.25) is 0 Å². The van der Waals surface area contributed by atoms with Crippen LogP contribution in [0.15, 0.2) is 21.7 Å². The Labute approximate surface area is 146 Å². The van der Waals surface area contributed by atoms with E-state index < -0.39 is 0 Å². The van der Waals surface area contributed by atoms with Crippen LogP contribution in [0.3, 0.4) is 0 Å². The van der Waals surface area contributed by atoms with Gasteiger partial charge in [0.25, 0.3) is 0 Å². The Morgan fingerprint density at radius 1 is 1.22 bits per heavy atom. The van der Waals surface area contributed by atoms with Crippen molar-refractivity contribution in [3.63, 3.8) is 0 Å². The summed E-state index contributed by atoms with van der Waals surface area (Å²) in [6.07, 6.45) is 7.72. The first kappa shape index (κ1) is 19.5. The lowest BCUT2D eigenvalue weighted by atomic mass is 10.1. The molecule has 23 heavy (non-hydrogen) atoms. The van der Waals surface area contributed by atoms with E-state index in [0.717, 1.165) is 22.9 Å². The molecule has 0 aliphatic carbocycles. The highest BCUT2D eigenvalue weighted by Crippen LogP contribution is 2.35. The first-order valence-electron chi connectivity index (χ1n) is 7.85. The molecule has 1 aromatic rings. The predicted molar refractivity (Wildman–Crippen MR) is 96.4 cm³/mol. The topological polar surface area (TPSA) is 59.9 Å². The Hall–Kier alpha value is -1.56. The zero-order valence-corrected chi connectivity index (χ0v) is 15.6. The minimum absolute atomic E-state index is 0.0581. The number of hydrogen-bond acceptors (Lipinski definition) is 4. The summed E-state index contributed by atoms with van der Waals surface area (Å²) in [6, 6.07) is 3.64. The summed E-state index contributed by atoms with van der Waals surface area (Å²) in [5.74, 6) is 1.17. The lowest BCUT2D eigenvalue weighted by molar-refractivity contribution is -0.121. The van der Waals surface area contributed by atoms with Crippen LogP contribution in [0.4, 0.5) is 0 Å². The molecule has 0 spiro atoms. The smallest absolute Gasteiger partial charge is 0.240 e. The third kappa shape index (κ3) is 7.03. The minimum Gasteiger partial charge on any atom is -0.493 e. The summed E-state index contributed by atoms with van der Waals surface area (Å²) in [4.78, 5) is 11.7. The van der Waals surface area contributed by atoms with E-state index in [1.54, 1.807) is 26.5 Å². The molecule has 0 aliphatic rings. The van der Waals surface area contributed by atoms with Gasteiger partial charge in [0.05, 0.1) is 24.9 Å². The van der Waals surface area contributed by atoms with Crippen molar-refractivity contribution in [1.29, 1.82) is 0 Å². The summed E-state index contributed by atoms with van der Waals surface area (Å²) in [7, 11) is 3.16. The van der Waals surface area contributed by atoms with Gasteiger partial charge < -0.3 is 9.47 Å². The first-order valence-corrected chi connectivity index (χ1v) is 8.65. The second kappa shape index (κ2) is 11.0. The number of unbranched alkanes of at least 4 members (excludes halogenated alkanes) is 4. The molecule has 0 saturated carbocycles. The molecule has 1 rings (SSSR count). The minimum atomic E-state index is -0.0581. The van der Waals surface area contributed by atoms with Crippen LogP contribution in [0.25, 0.3) is 0 Å². The van der Waals surface area contributed by atoms with Gasteiger partial charge in [0.1, 0.15) is 0 Å². The van der Waals surface area contributed by atoms with E-state index in [9.17, 15) is 4.79 Å². The molecular formula is C17H25BrN2O3. The summed E-state index contributed by atoms with van der Waals surface area (Å²) >= 11 is 3.42. The average molecular weight is 385 g/mol. The van der Waals surface area contributed by atoms with E-state index in [0.29, 0.717) is 17.9 Å². The van der Waals surface area contributed by atoms with Gasteiger partial charge in [0.15, 0.2) is 11.5 Å². The molecule has 0 unspecified atom stereocenters. The Morgan fingerprint density at radius 3 is 2.61 bits per heavy atom. The highest BCUT2D eigenvalue weighted by Gasteiger charge is 2.09. The van der Waals surface area contributed by atoms with E-state index in [4.69, 9.17) is 9.47 Å². The van der Waals surface area contributed by atoms with E-state index in [1.807, 2.05) is 6.07 Å². The van der Waals surface area contributed by atoms with Gasteiger partial charge in [0.2, 0.25) is 5.91 Å². The summed E-state index contributed by atoms with van der Waals surface area (Å²) in [5.41, 5.74) is 3.35. The lowest BCUT2D eigenvalue weighted by Crippen LogP contribution is -2.16. The van der Waals surface area contributed by atoms with Crippen LogP contribution in [0, 0.1) is 0 Å². The van der Waals surface area contributed by atoms with Crippen molar-refractivity contribution in [1.82, 2.24) is 5.43 Å². The maximum Gasteiger partial charge on any atom is 0.240 e. The normalized spacial score (nSPS) is 10.8. The van der Waals surface area contributed by atoms with Crippen LogP contribution in [-0.2, 0) is 4.79 Å². The van der Waals surface area contributed by atoms with Crippen molar-refractivity contribution in [3.05, 3.63) is 22.2 Å². The molecule has 0 radical (unpaired) electrons. The maximum absolute atomic E-state index is 11.7. The number of methoxy groups -OCH3 is 2. The number of carbonyl (C=O) groups is 1. The number of benzene rings is 1. The zero-order valence-electron chi connectivity index (χ0n) is 14.0. The Morgan fingerprint density at radius 2 is 1.96 bits per heavy atom. The molecule has 1 amide bonds. The molecule has 0 fully saturated rings. The molecule has 0 bridgehead atoms. The number of nitrogens with one attached hydrogen (secondary N) is 1. The number of nitrogens with zero attached hydrogens (tertiary/aromatic N) is 1. The molecule has 0 aromatic heterocycles. The van der Waals surface area contributed by atoms with Gasteiger partial charge >= 0.3 is 0 Å². The Bertz CT molecular complexity index is 533. The van der Waals surface area contributed by atoms with Gasteiger partial charge in [-0.25, -0.2) is 5.43 Å². The van der Waals surface area contributed by atoms with Crippen LogP contribution in [0.1, 0.15) is 51.0 Å². The van der Waals surface area contributed by atoms with E-state index >= 15 is 0 Å². The first-order chi connectivity index (χ1) is 11.1. The van der Waals surface area contributed by atoms with Gasteiger partial charge in [-0.15, -0.1) is 0 Å². The summed E-state index contributed by atoms with van der Waals surface area (Å²) < 4.78 is 11.3. The molecule has 0 aliphatic heterocycles. The predicted octanol–water partition coefficient (Wildman–Crippen LogP) is 4.28. The summed E-state index contributed by atoms with van der Waals surface area (Å²) in [6.45, 7) is 2.17. The number of carbonyl (C=O) groups excluding carboxylic acids is 1. The number of hydrogen-bond donors (Lipinski definition) is 1. The molecule has 0 atom stereocenters. The fourth-order valence-electron chi connectivity index (χ4n) is 2.14. The molecular weight excluding hydrogens is 360 g/mol. The SMILES string of the molecule is CCCCCCCC(=O)N/N=C/c1cc(Br)c(OC)c(OC)c1. The van der Waals surface area contributed by atoms with Gasteiger partial charge in [-0.3, -0.25) is 4.79 Å². The molecule has 5 nitrogen and oxygen atoms in total. The largest absolute Gasteiger partial charge is 0.493 e. The quantitative estimate of drug-likeness (QED) is 0.372. The van der Waals surface area contributed by atoms with Crippen molar-refractivity contribution in [2.45, 2.75) is 45.4 Å². The highest BCUT2D eigenvalue weighted by atomic mass is 79.9. The van der Waals surface area contributed by atoms with Gasteiger partial charge in [-0.2, -0.15) is 5.10 Å². The molecule has 1 aromatic carbocycles. The third-order valence-corrected chi connectivity index (χ3v) is 3.96. The Balaban J connectivity index is 2.48. The van der Waals surface area contributed by atoms with Gasteiger partial charge in [-0.05, 0) is 40.0 Å². The van der Waals surface area contributed by atoms with Crippen LogP contribution < -0.4 is 14.9 Å². The molecule has 1 N–H and O–H groups in total. The second-order valence-corrected chi connectivity index (χ2v) is 6.05. The fraction of sp³-hybridized carbons (Fsp3) is 0.529. The number of ether oxygens (including phenoxy) is 2. The van der Waals surface area contributed by atoms with Crippen molar-refractivity contribution in [2.24, 2.45) is 5.10 Å². The van der Waals surface area contributed by atoms with Crippen molar-refractivity contribution < 1.29 is 14.3 Å². The molecule has 6 heteroatoms. The van der Waals surface area contributed by atoms with Crippen LogP contribution >= 0.6 is 15.9 Å². The second-order valence-electron chi connectivity index (χ2n) is 5.20. The van der Waals surface area contributed by atoms with E-state index in [2.05, 4.69) is 33.4 Å². The van der Waals surface area contributed by atoms with Gasteiger partial charge in [-0.1, -0.05) is 32.6 Å². The average Bonchev–Trinajstić information content (AvgIpc) is 2.54. The van der Waals surface area contributed by atoms with Crippen molar-refractivity contribution in [3.8, 4) is 11.5 Å². The van der Waals surface area contributed by atoms with Crippen molar-refractivity contribution >= 4 is 28.1 Å². The van der Waals surface area contributed by atoms with E-state index in [1.165, 1.54) is 19.3 Å². The van der Waals surface area contributed by atoms with E-state index in [-0.39, 0.29) is 5.91 Å². The maximum atomic E-state index is 11.7. The highest BCUT2D eigenvalue weighted by molar-refractivity contribution is 9.10. The third-order valence-electron chi connectivity index (χ3n) is 3.37. The number of amides is 1. The molecule has 0 saturated heterocycles.